The molecule has 0 aliphatic carbocycles. The smallest absolute Gasteiger partial charge is 0.243 e. The first-order chi connectivity index (χ1) is 14.8. The highest BCUT2D eigenvalue weighted by molar-refractivity contribution is 7.89. The van der Waals surface area contributed by atoms with Gasteiger partial charge in [-0.2, -0.15) is 4.31 Å². The Labute approximate surface area is 181 Å². The number of piperidine rings is 1. The third-order valence-corrected chi connectivity index (χ3v) is 7.60. The van der Waals surface area contributed by atoms with Crippen molar-refractivity contribution >= 4 is 15.9 Å². The lowest BCUT2D eigenvalue weighted by atomic mass is 9.96. The molecule has 0 aromatic heterocycles. The Morgan fingerprint density at radius 1 is 1.06 bits per heavy atom. The lowest BCUT2D eigenvalue weighted by Crippen LogP contribution is -2.43. The van der Waals surface area contributed by atoms with Crippen LogP contribution in [0.25, 0.3) is 0 Å². The van der Waals surface area contributed by atoms with E-state index in [2.05, 4.69) is 5.32 Å². The summed E-state index contributed by atoms with van der Waals surface area (Å²) in [6.45, 7) is 3.19. The van der Waals surface area contributed by atoms with Crippen molar-refractivity contribution in [2.24, 2.45) is 5.92 Å². The van der Waals surface area contributed by atoms with Crippen LogP contribution in [0.5, 0.6) is 11.5 Å². The molecule has 0 saturated carbocycles. The molecule has 0 spiro atoms. The van der Waals surface area contributed by atoms with Gasteiger partial charge in [-0.3, -0.25) is 4.79 Å². The Bertz CT molecular complexity index is 1050. The number of benzene rings is 2. The zero-order valence-corrected chi connectivity index (χ0v) is 18.0. The highest BCUT2D eigenvalue weighted by Crippen LogP contribution is 2.34. The van der Waals surface area contributed by atoms with E-state index in [4.69, 9.17) is 9.47 Å². The molecule has 2 aliphatic heterocycles. The number of sulfonamides is 1. The van der Waals surface area contributed by atoms with E-state index >= 15 is 0 Å². The van der Waals surface area contributed by atoms with Gasteiger partial charge in [0.25, 0.3) is 0 Å². The lowest BCUT2D eigenvalue weighted by Gasteiger charge is -2.31. The maximum absolute atomic E-state index is 13.1. The summed E-state index contributed by atoms with van der Waals surface area (Å²) in [5, 5.41) is 2.94. The predicted octanol–water partition coefficient (Wildman–Crippen LogP) is 2.88. The second-order valence-electron chi connectivity index (χ2n) is 7.77. The Hall–Kier alpha value is -2.65. The fourth-order valence-electron chi connectivity index (χ4n) is 3.86. The van der Waals surface area contributed by atoms with Gasteiger partial charge in [0.2, 0.25) is 15.9 Å². The molecule has 4 rings (SSSR count). The summed E-state index contributed by atoms with van der Waals surface area (Å²) in [6, 6.07) is 10.4. The molecule has 9 heteroatoms. The minimum absolute atomic E-state index is 0.117. The molecule has 0 radical (unpaired) electrons. The van der Waals surface area contributed by atoms with Gasteiger partial charge in [-0.1, -0.05) is 12.1 Å². The average molecular weight is 449 g/mol. The quantitative estimate of drug-likeness (QED) is 0.760. The van der Waals surface area contributed by atoms with Gasteiger partial charge in [0.1, 0.15) is 19.0 Å². The number of nitrogens with zero attached hydrogens (tertiary/aromatic N) is 1. The third kappa shape index (κ3) is 4.67. The van der Waals surface area contributed by atoms with Crippen molar-refractivity contribution in [2.45, 2.75) is 30.7 Å². The molecule has 2 aliphatic rings. The van der Waals surface area contributed by atoms with Gasteiger partial charge >= 0.3 is 0 Å². The zero-order chi connectivity index (χ0) is 22.0. The topological polar surface area (TPSA) is 84.9 Å². The van der Waals surface area contributed by atoms with Crippen LogP contribution in [0.1, 0.15) is 31.4 Å². The molecule has 0 bridgehead atoms. The maximum Gasteiger partial charge on any atom is 0.243 e. The molecule has 2 aromatic carbocycles. The molecule has 166 valence electrons. The molecule has 1 atom stereocenters. The predicted molar refractivity (Wildman–Crippen MR) is 112 cm³/mol. The van der Waals surface area contributed by atoms with Crippen LogP contribution in [0.15, 0.2) is 47.4 Å². The number of amides is 1. The van der Waals surface area contributed by atoms with Crippen LogP contribution in [-0.4, -0.2) is 44.9 Å². The van der Waals surface area contributed by atoms with Crippen LogP contribution < -0.4 is 14.8 Å². The number of rotatable bonds is 5. The number of ether oxygens (including phenoxy) is 2. The van der Waals surface area contributed by atoms with E-state index < -0.39 is 10.0 Å². The summed E-state index contributed by atoms with van der Waals surface area (Å²) in [6.07, 6.45) is 0.873. The number of nitrogens with one attached hydrogen (secondary N) is 1. The third-order valence-electron chi connectivity index (χ3n) is 5.70. The maximum atomic E-state index is 13.1. The van der Waals surface area contributed by atoms with Crippen LogP contribution in [0.2, 0.25) is 0 Å². The summed E-state index contributed by atoms with van der Waals surface area (Å²) in [5.74, 6) is 0.254. The highest BCUT2D eigenvalue weighted by Gasteiger charge is 2.33. The molecule has 1 fully saturated rings. The normalized spacial score (nSPS) is 18.4. The minimum Gasteiger partial charge on any atom is -0.486 e. The fraction of sp³-hybridized carbons (Fsp3) is 0.409. The Morgan fingerprint density at radius 2 is 1.71 bits per heavy atom. The number of halogens is 1. The van der Waals surface area contributed by atoms with Crippen LogP contribution >= 0.6 is 0 Å². The molecule has 7 nitrogen and oxygen atoms in total. The molecular formula is C22H25FN2O5S. The number of carbonyl (C=O) groups excluding carboxylic acids is 1. The van der Waals surface area contributed by atoms with E-state index in [0.29, 0.717) is 37.6 Å². The monoisotopic (exact) mass is 448 g/mol. The van der Waals surface area contributed by atoms with E-state index in [1.54, 1.807) is 18.2 Å². The van der Waals surface area contributed by atoms with Gasteiger partial charge in [0.05, 0.1) is 10.9 Å². The Morgan fingerprint density at radius 3 is 2.39 bits per heavy atom. The first-order valence-electron chi connectivity index (χ1n) is 10.3. The molecule has 31 heavy (non-hydrogen) atoms. The van der Waals surface area contributed by atoms with Gasteiger partial charge in [-0.25, -0.2) is 12.8 Å². The van der Waals surface area contributed by atoms with Crippen LogP contribution in [0.4, 0.5) is 4.39 Å². The van der Waals surface area contributed by atoms with Gasteiger partial charge in [0.15, 0.2) is 11.5 Å². The first-order valence-corrected chi connectivity index (χ1v) is 11.7. The Kier molecular flexibility index (Phi) is 6.15. The van der Waals surface area contributed by atoms with Crippen LogP contribution in [0.3, 0.4) is 0 Å². The second kappa shape index (κ2) is 8.84. The van der Waals surface area contributed by atoms with Gasteiger partial charge in [-0.05, 0) is 49.6 Å². The summed E-state index contributed by atoms with van der Waals surface area (Å²) in [7, 11) is -3.68. The molecule has 2 heterocycles. The van der Waals surface area contributed by atoms with Crippen molar-refractivity contribution in [2.75, 3.05) is 26.3 Å². The fourth-order valence-corrected chi connectivity index (χ4v) is 5.34. The van der Waals surface area contributed by atoms with Crippen molar-refractivity contribution in [1.82, 2.24) is 9.62 Å². The molecule has 2 aromatic rings. The number of hydrogen-bond donors (Lipinski definition) is 1. The number of fused-ring (bicyclic) bond motifs is 1. The van der Waals surface area contributed by atoms with Crippen molar-refractivity contribution in [1.29, 1.82) is 0 Å². The van der Waals surface area contributed by atoms with E-state index in [1.807, 2.05) is 6.92 Å². The van der Waals surface area contributed by atoms with E-state index in [1.165, 1.54) is 28.6 Å². The molecule has 1 amide bonds. The number of carbonyl (C=O) groups is 1. The molecule has 1 saturated heterocycles. The Balaban J connectivity index is 1.36. The number of hydrogen-bond acceptors (Lipinski definition) is 5. The van der Waals surface area contributed by atoms with E-state index in [-0.39, 0.29) is 41.7 Å². The summed E-state index contributed by atoms with van der Waals surface area (Å²) >= 11 is 0. The van der Waals surface area contributed by atoms with E-state index in [0.717, 1.165) is 5.56 Å². The lowest BCUT2D eigenvalue weighted by molar-refractivity contribution is -0.126. The summed E-state index contributed by atoms with van der Waals surface area (Å²) in [4.78, 5) is 12.8. The van der Waals surface area contributed by atoms with Crippen molar-refractivity contribution in [3.05, 3.63) is 53.8 Å². The van der Waals surface area contributed by atoms with Gasteiger partial charge in [0, 0.05) is 25.1 Å². The summed E-state index contributed by atoms with van der Waals surface area (Å²) in [5.41, 5.74) is 0.813. The minimum atomic E-state index is -3.68. The standard InChI is InChI=1S/C22H25FN2O5S/c1-15(16-2-4-18(23)5-3-16)24-22(26)17-8-10-25(11-9-17)31(27,28)19-6-7-20-21(14-19)30-13-12-29-20/h2-7,14-15,17H,8-13H2,1H3,(H,24,26)/t15-/m0/s1. The van der Waals surface area contributed by atoms with Crippen molar-refractivity contribution in [3.63, 3.8) is 0 Å². The largest absolute Gasteiger partial charge is 0.486 e. The SMILES string of the molecule is C[C@H](NC(=O)C1CCN(S(=O)(=O)c2ccc3c(c2)OCCO3)CC1)c1ccc(F)cc1. The van der Waals surface area contributed by atoms with Crippen LogP contribution in [0, 0.1) is 11.7 Å². The van der Waals surface area contributed by atoms with Crippen molar-refractivity contribution in [3.8, 4) is 11.5 Å². The summed E-state index contributed by atoms with van der Waals surface area (Å²) < 4.78 is 51.5. The van der Waals surface area contributed by atoms with Crippen molar-refractivity contribution < 1.29 is 27.1 Å². The second-order valence-corrected chi connectivity index (χ2v) is 9.70. The molecule has 1 N–H and O–H groups in total. The van der Waals surface area contributed by atoms with Crippen LogP contribution in [-0.2, 0) is 14.8 Å². The zero-order valence-electron chi connectivity index (χ0n) is 17.2. The first kappa shape index (κ1) is 21.6. The average Bonchev–Trinajstić information content (AvgIpc) is 2.79. The van der Waals surface area contributed by atoms with Gasteiger partial charge < -0.3 is 14.8 Å². The highest BCUT2D eigenvalue weighted by atomic mass is 32.2. The van der Waals surface area contributed by atoms with Gasteiger partial charge in [-0.15, -0.1) is 0 Å². The molecule has 0 unspecified atom stereocenters. The molecular weight excluding hydrogens is 423 g/mol. The van der Waals surface area contributed by atoms with E-state index in [9.17, 15) is 17.6 Å².